The van der Waals surface area contributed by atoms with Crippen LogP contribution in [0.25, 0.3) is 0 Å². The van der Waals surface area contributed by atoms with Crippen LogP contribution in [-0.4, -0.2) is 66.5 Å². The summed E-state index contributed by atoms with van der Waals surface area (Å²) < 4.78 is 0. The molecular formula is C20H26IN7O. The van der Waals surface area contributed by atoms with Gasteiger partial charge in [-0.3, -0.25) is 9.79 Å². The first kappa shape index (κ1) is 21.3. The second-order valence-electron chi connectivity index (χ2n) is 6.91. The summed E-state index contributed by atoms with van der Waals surface area (Å²) >= 11 is 0. The molecule has 1 aromatic carbocycles. The number of para-hydroxylation sites is 1. The van der Waals surface area contributed by atoms with Crippen LogP contribution in [0, 0.1) is 0 Å². The molecule has 0 bridgehead atoms. The van der Waals surface area contributed by atoms with Gasteiger partial charge in [-0.15, -0.1) is 24.0 Å². The van der Waals surface area contributed by atoms with Crippen LogP contribution < -0.4 is 15.5 Å². The van der Waals surface area contributed by atoms with Crippen LogP contribution in [0.3, 0.4) is 0 Å². The lowest BCUT2D eigenvalue weighted by Gasteiger charge is -2.36. The smallest absolute Gasteiger partial charge is 0.232 e. The van der Waals surface area contributed by atoms with E-state index in [-0.39, 0.29) is 35.8 Å². The molecule has 29 heavy (non-hydrogen) atoms. The Morgan fingerprint density at radius 2 is 1.90 bits per heavy atom. The topological polar surface area (TPSA) is 85.8 Å². The van der Waals surface area contributed by atoms with Crippen molar-refractivity contribution in [1.82, 2.24) is 20.2 Å². The highest BCUT2D eigenvalue weighted by molar-refractivity contribution is 14.0. The first-order chi connectivity index (χ1) is 13.8. The number of amides is 1. The maximum Gasteiger partial charge on any atom is 0.232 e. The van der Waals surface area contributed by atoms with E-state index < -0.39 is 0 Å². The fraction of sp³-hybridized carbons (Fsp3) is 0.400. The molecule has 2 aromatic rings. The molecule has 0 spiro atoms. The highest BCUT2D eigenvalue weighted by Gasteiger charge is 2.29. The summed E-state index contributed by atoms with van der Waals surface area (Å²) in [5.41, 5.74) is 2.02. The van der Waals surface area contributed by atoms with Crippen LogP contribution >= 0.6 is 24.0 Å². The third kappa shape index (κ3) is 4.77. The zero-order chi connectivity index (χ0) is 19.3. The monoisotopic (exact) mass is 507 g/mol. The molecule has 154 valence electrons. The molecule has 9 heteroatoms. The lowest BCUT2D eigenvalue weighted by atomic mass is 9.97. The molecule has 1 unspecified atom stereocenters. The number of fused-ring (bicyclic) bond motifs is 1. The zero-order valence-electron chi connectivity index (χ0n) is 16.4. The van der Waals surface area contributed by atoms with Crippen molar-refractivity contribution in [2.45, 2.75) is 12.3 Å². The standard InChI is InChI=1S/C20H25N7O.HI/c1-21-19(26-11-13-27(14-12-26)20-22-8-4-9-23-20)24-10-7-16-15-5-2-3-6-17(15)25-18(16)28;/h2-6,8-9,16H,7,10-14H2,1H3,(H,21,24)(H,25,28);1H. The van der Waals surface area contributed by atoms with Gasteiger partial charge < -0.3 is 20.4 Å². The van der Waals surface area contributed by atoms with Gasteiger partial charge in [0.15, 0.2) is 5.96 Å². The van der Waals surface area contributed by atoms with Crippen LogP contribution in [0.1, 0.15) is 17.9 Å². The van der Waals surface area contributed by atoms with Gasteiger partial charge in [0.1, 0.15) is 0 Å². The third-order valence-electron chi connectivity index (χ3n) is 5.25. The number of aromatic nitrogens is 2. The van der Waals surface area contributed by atoms with E-state index >= 15 is 0 Å². The van der Waals surface area contributed by atoms with Gasteiger partial charge in [-0.05, 0) is 24.1 Å². The van der Waals surface area contributed by atoms with E-state index in [1.807, 2.05) is 30.3 Å². The Balaban J connectivity index is 0.00000240. The fourth-order valence-corrected chi connectivity index (χ4v) is 3.80. The molecule has 1 fully saturated rings. The predicted octanol–water partition coefficient (Wildman–Crippen LogP) is 1.92. The lowest BCUT2D eigenvalue weighted by molar-refractivity contribution is -0.117. The molecule has 4 rings (SSSR count). The normalized spacial score (nSPS) is 18.7. The Hall–Kier alpha value is -2.43. The molecule has 8 nitrogen and oxygen atoms in total. The first-order valence-electron chi connectivity index (χ1n) is 9.63. The Morgan fingerprint density at radius 1 is 1.17 bits per heavy atom. The maximum atomic E-state index is 12.3. The number of guanidine groups is 1. The van der Waals surface area contributed by atoms with Gasteiger partial charge in [0, 0.05) is 57.9 Å². The molecule has 2 aliphatic heterocycles. The number of rotatable bonds is 4. The van der Waals surface area contributed by atoms with E-state index in [9.17, 15) is 4.79 Å². The average molecular weight is 507 g/mol. The first-order valence-corrected chi connectivity index (χ1v) is 9.63. The molecule has 0 radical (unpaired) electrons. The lowest BCUT2D eigenvalue weighted by Crippen LogP contribution is -2.53. The van der Waals surface area contributed by atoms with Crippen molar-refractivity contribution in [1.29, 1.82) is 0 Å². The number of benzene rings is 1. The van der Waals surface area contributed by atoms with E-state index in [2.05, 4.69) is 35.4 Å². The largest absolute Gasteiger partial charge is 0.356 e. The van der Waals surface area contributed by atoms with Gasteiger partial charge in [0.25, 0.3) is 0 Å². The van der Waals surface area contributed by atoms with Gasteiger partial charge in [-0.1, -0.05) is 18.2 Å². The number of piperazine rings is 1. The van der Waals surface area contributed by atoms with E-state index in [4.69, 9.17) is 0 Å². The van der Waals surface area contributed by atoms with Crippen molar-refractivity contribution in [2.75, 3.05) is 50.0 Å². The van der Waals surface area contributed by atoms with Gasteiger partial charge in [-0.25, -0.2) is 9.97 Å². The van der Waals surface area contributed by atoms with Crippen LogP contribution in [0.2, 0.25) is 0 Å². The molecule has 0 aliphatic carbocycles. The Bertz CT molecular complexity index is 853. The SMILES string of the molecule is CN=C(NCCC1C(=O)Nc2ccccc21)N1CCN(c2ncccn2)CC1.I. The minimum absolute atomic E-state index is 0. The quantitative estimate of drug-likeness (QED) is 0.374. The minimum Gasteiger partial charge on any atom is -0.356 e. The number of carbonyl (C=O) groups excluding carboxylic acids is 1. The van der Waals surface area contributed by atoms with Gasteiger partial charge in [-0.2, -0.15) is 0 Å². The predicted molar refractivity (Wildman–Crippen MR) is 125 cm³/mol. The van der Waals surface area contributed by atoms with Crippen molar-refractivity contribution in [2.24, 2.45) is 4.99 Å². The Morgan fingerprint density at radius 3 is 2.62 bits per heavy atom. The molecule has 1 amide bonds. The minimum atomic E-state index is -0.103. The van der Waals surface area contributed by atoms with Crippen molar-refractivity contribution < 1.29 is 4.79 Å². The van der Waals surface area contributed by atoms with Crippen LogP contribution in [-0.2, 0) is 4.79 Å². The summed E-state index contributed by atoms with van der Waals surface area (Å²) in [5.74, 6) is 1.62. The summed E-state index contributed by atoms with van der Waals surface area (Å²) in [7, 11) is 1.80. The van der Waals surface area contributed by atoms with E-state index in [1.165, 1.54) is 0 Å². The molecule has 0 saturated carbocycles. The number of anilines is 2. The Labute approximate surface area is 187 Å². The highest BCUT2D eigenvalue weighted by atomic mass is 127. The van der Waals surface area contributed by atoms with Gasteiger partial charge in [0.2, 0.25) is 11.9 Å². The molecule has 1 aromatic heterocycles. The molecule has 2 aliphatic rings. The highest BCUT2D eigenvalue weighted by Crippen LogP contribution is 2.33. The number of hydrogen-bond donors (Lipinski definition) is 2. The van der Waals surface area contributed by atoms with E-state index in [0.717, 1.165) is 55.8 Å². The van der Waals surface area contributed by atoms with Crippen LogP contribution in [0.15, 0.2) is 47.7 Å². The summed E-state index contributed by atoms with van der Waals surface area (Å²) in [6.07, 6.45) is 4.28. The second kappa shape index (κ2) is 9.86. The number of nitrogens with one attached hydrogen (secondary N) is 2. The fourth-order valence-electron chi connectivity index (χ4n) is 3.80. The number of carbonyl (C=O) groups is 1. The summed E-state index contributed by atoms with van der Waals surface area (Å²) in [6.45, 7) is 4.10. The molecule has 2 N–H and O–H groups in total. The van der Waals surface area contributed by atoms with Gasteiger partial charge in [0.05, 0.1) is 5.92 Å². The molecule has 1 saturated heterocycles. The van der Waals surface area contributed by atoms with Crippen LogP contribution in [0.5, 0.6) is 0 Å². The second-order valence-corrected chi connectivity index (χ2v) is 6.91. The van der Waals surface area contributed by atoms with Crippen molar-refractivity contribution in [3.05, 3.63) is 48.3 Å². The molecule has 3 heterocycles. The summed E-state index contributed by atoms with van der Waals surface area (Å²) in [4.78, 5) is 29.7. The maximum absolute atomic E-state index is 12.3. The van der Waals surface area contributed by atoms with E-state index in [1.54, 1.807) is 19.4 Å². The van der Waals surface area contributed by atoms with E-state index in [0.29, 0.717) is 6.54 Å². The number of nitrogens with zero attached hydrogens (tertiary/aromatic N) is 5. The van der Waals surface area contributed by atoms with Gasteiger partial charge >= 0.3 is 0 Å². The number of halogens is 1. The van der Waals surface area contributed by atoms with Crippen molar-refractivity contribution in [3.8, 4) is 0 Å². The number of aliphatic imine (C=N–C) groups is 1. The number of hydrogen-bond acceptors (Lipinski definition) is 5. The summed E-state index contributed by atoms with van der Waals surface area (Å²) in [5, 5.41) is 6.38. The zero-order valence-corrected chi connectivity index (χ0v) is 18.7. The van der Waals surface area contributed by atoms with Crippen LogP contribution in [0.4, 0.5) is 11.6 Å². The third-order valence-corrected chi connectivity index (χ3v) is 5.25. The molecule has 1 atom stereocenters. The van der Waals surface area contributed by atoms with Crippen molar-refractivity contribution >= 4 is 47.5 Å². The summed E-state index contributed by atoms with van der Waals surface area (Å²) in [6, 6.07) is 9.73. The average Bonchev–Trinajstić information content (AvgIpc) is 3.07. The Kier molecular flexibility index (Phi) is 7.24. The molecular weight excluding hydrogens is 481 g/mol. The van der Waals surface area contributed by atoms with Crippen molar-refractivity contribution in [3.63, 3.8) is 0 Å².